The first-order chi connectivity index (χ1) is 9.42. The highest BCUT2D eigenvalue weighted by molar-refractivity contribution is 5.85. The van der Waals surface area contributed by atoms with Gasteiger partial charge in [-0.25, -0.2) is 15.0 Å². The van der Waals surface area contributed by atoms with Gasteiger partial charge in [0.15, 0.2) is 16.8 Å². The van der Waals surface area contributed by atoms with E-state index >= 15 is 0 Å². The van der Waals surface area contributed by atoms with Gasteiger partial charge in [0.1, 0.15) is 12.7 Å². The van der Waals surface area contributed by atoms with Gasteiger partial charge in [-0.2, -0.15) is 0 Å². The molecule has 0 saturated heterocycles. The molecule has 0 aliphatic heterocycles. The van der Waals surface area contributed by atoms with Crippen molar-refractivity contribution in [1.82, 2.24) is 29.5 Å². The summed E-state index contributed by atoms with van der Waals surface area (Å²) >= 11 is 0. The van der Waals surface area contributed by atoms with Gasteiger partial charge >= 0.3 is 0 Å². The van der Waals surface area contributed by atoms with Crippen LogP contribution in [0.1, 0.15) is 0 Å². The van der Waals surface area contributed by atoms with Gasteiger partial charge in [0, 0.05) is 5.56 Å². The van der Waals surface area contributed by atoms with E-state index in [4.69, 9.17) is 0 Å². The van der Waals surface area contributed by atoms with Crippen LogP contribution in [0.2, 0.25) is 0 Å². The zero-order chi connectivity index (χ0) is 12.7. The highest BCUT2D eigenvalue weighted by Crippen LogP contribution is 2.19. The topological polar surface area (TPSA) is 68.9 Å². The van der Waals surface area contributed by atoms with Crippen molar-refractivity contribution >= 4 is 16.8 Å². The van der Waals surface area contributed by atoms with Crippen molar-refractivity contribution in [2.45, 2.75) is 0 Å². The fraction of sp³-hybridized carbons (Fsp3) is 0. The Hall–Kier alpha value is -2.89. The standard InChI is InChI=1S/C13H8N6/c1-2-4-9(5-3-1)10-6-14-12-11(17-10)13-18-16-8-19(13)7-15-12/h1-8H. The summed E-state index contributed by atoms with van der Waals surface area (Å²) in [5, 5.41) is 7.91. The first-order valence-electron chi connectivity index (χ1n) is 5.78. The second kappa shape index (κ2) is 3.81. The Morgan fingerprint density at radius 1 is 0.947 bits per heavy atom. The van der Waals surface area contributed by atoms with Gasteiger partial charge in [-0.05, 0) is 0 Å². The maximum absolute atomic E-state index is 4.60. The molecule has 0 saturated carbocycles. The van der Waals surface area contributed by atoms with Crippen LogP contribution >= 0.6 is 0 Å². The van der Waals surface area contributed by atoms with Crippen LogP contribution in [0.4, 0.5) is 0 Å². The van der Waals surface area contributed by atoms with E-state index in [9.17, 15) is 0 Å². The van der Waals surface area contributed by atoms with Crippen molar-refractivity contribution in [2.75, 3.05) is 0 Å². The number of rotatable bonds is 1. The summed E-state index contributed by atoms with van der Waals surface area (Å²) < 4.78 is 1.73. The summed E-state index contributed by atoms with van der Waals surface area (Å²) in [7, 11) is 0. The van der Waals surface area contributed by atoms with Crippen LogP contribution in [0, 0.1) is 0 Å². The summed E-state index contributed by atoms with van der Waals surface area (Å²) in [6.45, 7) is 0. The average molecular weight is 248 g/mol. The van der Waals surface area contributed by atoms with Gasteiger partial charge in [0.25, 0.3) is 0 Å². The molecule has 3 heterocycles. The molecule has 6 nitrogen and oxygen atoms in total. The van der Waals surface area contributed by atoms with Crippen LogP contribution in [0.5, 0.6) is 0 Å². The third-order valence-electron chi connectivity index (χ3n) is 2.91. The number of benzene rings is 1. The van der Waals surface area contributed by atoms with Crippen LogP contribution in [-0.4, -0.2) is 29.5 Å². The Bertz CT molecular complexity index is 868. The number of nitrogens with zero attached hydrogens (tertiary/aromatic N) is 6. The third-order valence-corrected chi connectivity index (χ3v) is 2.91. The summed E-state index contributed by atoms with van der Waals surface area (Å²) in [6.07, 6.45) is 4.95. The number of aromatic nitrogens is 6. The summed E-state index contributed by atoms with van der Waals surface area (Å²) in [5.74, 6) is 0. The Labute approximate surface area is 107 Å². The summed E-state index contributed by atoms with van der Waals surface area (Å²) in [6, 6.07) is 9.89. The molecular formula is C13H8N6. The SMILES string of the molecule is c1ccc(-c2cnc3ncn4cnnc4c3n2)cc1. The quantitative estimate of drug-likeness (QED) is 0.513. The van der Waals surface area contributed by atoms with Crippen LogP contribution in [0.3, 0.4) is 0 Å². The smallest absolute Gasteiger partial charge is 0.191 e. The van der Waals surface area contributed by atoms with Crippen LogP contribution in [0.15, 0.2) is 49.2 Å². The number of hydrogen-bond acceptors (Lipinski definition) is 5. The normalized spacial score (nSPS) is 11.2. The van der Waals surface area contributed by atoms with Crippen molar-refractivity contribution in [1.29, 1.82) is 0 Å². The second-order valence-corrected chi connectivity index (χ2v) is 4.10. The Kier molecular flexibility index (Phi) is 2.02. The van der Waals surface area contributed by atoms with E-state index in [1.807, 2.05) is 30.3 Å². The second-order valence-electron chi connectivity index (χ2n) is 4.10. The molecule has 3 aromatic heterocycles. The van der Waals surface area contributed by atoms with Crippen molar-refractivity contribution in [3.8, 4) is 11.3 Å². The highest BCUT2D eigenvalue weighted by atomic mass is 15.2. The molecule has 0 fully saturated rings. The van der Waals surface area contributed by atoms with E-state index < -0.39 is 0 Å². The van der Waals surface area contributed by atoms with Gasteiger partial charge in [-0.3, -0.25) is 4.40 Å². The van der Waals surface area contributed by atoms with Crippen molar-refractivity contribution in [2.24, 2.45) is 0 Å². The monoisotopic (exact) mass is 248 g/mol. The molecule has 0 spiro atoms. The maximum Gasteiger partial charge on any atom is 0.191 e. The largest absolute Gasteiger partial charge is 0.270 e. The molecular weight excluding hydrogens is 240 g/mol. The van der Waals surface area contributed by atoms with E-state index in [2.05, 4.69) is 25.1 Å². The molecule has 19 heavy (non-hydrogen) atoms. The van der Waals surface area contributed by atoms with E-state index in [1.54, 1.807) is 23.3 Å². The van der Waals surface area contributed by atoms with Gasteiger partial charge in [-0.1, -0.05) is 30.3 Å². The zero-order valence-electron chi connectivity index (χ0n) is 9.80. The Morgan fingerprint density at radius 3 is 2.74 bits per heavy atom. The minimum absolute atomic E-state index is 0.570. The molecule has 1 aromatic carbocycles. The predicted molar refractivity (Wildman–Crippen MR) is 69.3 cm³/mol. The minimum atomic E-state index is 0.570. The Morgan fingerprint density at radius 2 is 1.84 bits per heavy atom. The molecule has 0 aliphatic carbocycles. The lowest BCUT2D eigenvalue weighted by Gasteiger charge is -2.02. The molecule has 0 amide bonds. The molecule has 0 N–H and O–H groups in total. The lowest BCUT2D eigenvalue weighted by atomic mass is 10.2. The number of fused-ring (bicyclic) bond motifs is 3. The Balaban J connectivity index is 2.04. The lowest BCUT2D eigenvalue weighted by Crippen LogP contribution is -1.95. The van der Waals surface area contributed by atoms with Crippen molar-refractivity contribution < 1.29 is 0 Å². The molecule has 0 aliphatic rings. The zero-order valence-corrected chi connectivity index (χ0v) is 9.80. The first-order valence-corrected chi connectivity index (χ1v) is 5.78. The maximum atomic E-state index is 4.60. The van der Waals surface area contributed by atoms with E-state index in [1.165, 1.54) is 0 Å². The lowest BCUT2D eigenvalue weighted by molar-refractivity contribution is 1.07. The van der Waals surface area contributed by atoms with Crippen molar-refractivity contribution in [3.05, 3.63) is 49.2 Å². The molecule has 4 rings (SSSR count). The molecule has 90 valence electrons. The molecule has 6 heteroatoms. The van der Waals surface area contributed by atoms with Crippen LogP contribution < -0.4 is 0 Å². The molecule has 4 aromatic rings. The van der Waals surface area contributed by atoms with Crippen molar-refractivity contribution in [3.63, 3.8) is 0 Å². The van der Waals surface area contributed by atoms with E-state index in [0.717, 1.165) is 11.3 Å². The van der Waals surface area contributed by atoms with Gasteiger partial charge in [-0.15, -0.1) is 10.2 Å². The number of hydrogen-bond donors (Lipinski definition) is 0. The molecule has 0 unspecified atom stereocenters. The van der Waals surface area contributed by atoms with Gasteiger partial charge < -0.3 is 0 Å². The van der Waals surface area contributed by atoms with E-state index in [0.29, 0.717) is 16.8 Å². The molecule has 0 atom stereocenters. The van der Waals surface area contributed by atoms with E-state index in [-0.39, 0.29) is 0 Å². The summed E-state index contributed by atoms with van der Waals surface area (Å²) in [4.78, 5) is 13.2. The summed E-state index contributed by atoms with van der Waals surface area (Å²) in [5.41, 5.74) is 3.70. The fourth-order valence-electron chi connectivity index (χ4n) is 1.99. The van der Waals surface area contributed by atoms with Gasteiger partial charge in [0.05, 0.1) is 11.9 Å². The molecule has 0 bridgehead atoms. The fourth-order valence-corrected chi connectivity index (χ4v) is 1.99. The van der Waals surface area contributed by atoms with Gasteiger partial charge in [0.2, 0.25) is 0 Å². The molecule has 0 radical (unpaired) electrons. The average Bonchev–Trinajstić information content (AvgIpc) is 2.96. The third kappa shape index (κ3) is 1.54. The highest BCUT2D eigenvalue weighted by Gasteiger charge is 2.08. The minimum Gasteiger partial charge on any atom is -0.270 e. The van der Waals surface area contributed by atoms with Crippen LogP contribution in [-0.2, 0) is 0 Å². The first kappa shape index (κ1) is 10.1. The van der Waals surface area contributed by atoms with Crippen LogP contribution in [0.25, 0.3) is 28.1 Å². The predicted octanol–water partition coefficient (Wildman–Crippen LogP) is 1.73.